The number of rotatable bonds is 1. The molecule has 2 nitrogen and oxygen atoms in total. The Morgan fingerprint density at radius 3 is 1.67 bits per heavy atom. The van der Waals surface area contributed by atoms with E-state index in [4.69, 9.17) is 0 Å². The van der Waals surface area contributed by atoms with Crippen LogP contribution < -0.4 is 0 Å². The van der Waals surface area contributed by atoms with Crippen molar-refractivity contribution in [2.45, 2.75) is 53.9 Å². The zero-order valence-corrected chi connectivity index (χ0v) is 11.0. The molecule has 15 heavy (non-hydrogen) atoms. The van der Waals surface area contributed by atoms with Gasteiger partial charge in [-0.3, -0.25) is 4.79 Å². The normalized spacial score (nSPS) is 12.1. The third kappa shape index (κ3) is 11.0. The van der Waals surface area contributed by atoms with Crippen molar-refractivity contribution in [1.82, 2.24) is 4.90 Å². The Morgan fingerprint density at radius 1 is 1.07 bits per heavy atom. The van der Waals surface area contributed by atoms with Crippen LogP contribution in [0.1, 0.15) is 53.9 Å². The van der Waals surface area contributed by atoms with E-state index in [1.165, 1.54) is 12.8 Å². The van der Waals surface area contributed by atoms with E-state index < -0.39 is 0 Å². The van der Waals surface area contributed by atoms with Gasteiger partial charge in [0.15, 0.2) is 0 Å². The highest BCUT2D eigenvalue weighted by molar-refractivity contribution is 5.75. The monoisotopic (exact) mass is 213 g/mol. The molecule has 1 aliphatic heterocycles. The smallest absolute Gasteiger partial charge is 0.222 e. The van der Waals surface area contributed by atoms with Crippen LogP contribution in [-0.4, -0.2) is 23.9 Å². The summed E-state index contributed by atoms with van der Waals surface area (Å²) in [5.41, 5.74) is 0. The molecule has 1 saturated heterocycles. The van der Waals surface area contributed by atoms with Gasteiger partial charge in [-0.1, -0.05) is 34.6 Å². The molecular formula is C13H27NO. The summed E-state index contributed by atoms with van der Waals surface area (Å²) in [6, 6.07) is 0. The van der Waals surface area contributed by atoms with Crippen LogP contribution >= 0.6 is 0 Å². The van der Waals surface area contributed by atoms with Crippen molar-refractivity contribution in [3.05, 3.63) is 0 Å². The van der Waals surface area contributed by atoms with Gasteiger partial charge in [-0.25, -0.2) is 0 Å². The zero-order chi connectivity index (χ0) is 12.7. The lowest BCUT2D eigenvalue weighted by Gasteiger charge is -2.12. The van der Waals surface area contributed by atoms with Crippen molar-refractivity contribution < 1.29 is 4.79 Å². The van der Waals surface area contributed by atoms with E-state index >= 15 is 0 Å². The fraction of sp³-hybridized carbons (Fsp3) is 0.769. The molecule has 1 amide bonds. The highest BCUT2D eigenvalue weighted by Gasteiger charge is 2.14. The first-order valence-electron chi connectivity index (χ1n) is 5.95. The van der Waals surface area contributed by atoms with Gasteiger partial charge in [0.05, 0.1) is 0 Å². The number of hydrogen-bond donors (Lipinski definition) is 0. The van der Waals surface area contributed by atoms with E-state index in [-0.39, 0.29) is 0 Å². The molecule has 0 N–H and O–H groups in total. The number of hydrogen-bond acceptors (Lipinski definition) is 1. The quantitative estimate of drug-likeness (QED) is 0.612. The third-order valence-electron chi connectivity index (χ3n) is 1.76. The van der Waals surface area contributed by atoms with Crippen molar-refractivity contribution in [2.75, 3.05) is 13.1 Å². The summed E-state index contributed by atoms with van der Waals surface area (Å²) in [4.78, 5) is 12.9. The summed E-state index contributed by atoms with van der Waals surface area (Å²) in [5, 5.41) is 0. The van der Waals surface area contributed by atoms with E-state index in [0.29, 0.717) is 12.3 Å². The summed E-state index contributed by atoms with van der Waals surface area (Å²) in [6.07, 6.45) is 11.1. The fourth-order valence-corrected chi connectivity index (χ4v) is 1.19. The summed E-state index contributed by atoms with van der Waals surface area (Å²) >= 11 is 0. The largest absolute Gasteiger partial charge is 0.343 e. The summed E-state index contributed by atoms with van der Waals surface area (Å²) in [7, 11) is 0. The van der Waals surface area contributed by atoms with E-state index in [9.17, 15) is 4.79 Å². The van der Waals surface area contributed by atoms with Crippen LogP contribution in [0.15, 0.2) is 0 Å². The van der Waals surface area contributed by atoms with Gasteiger partial charge in [0.2, 0.25) is 5.91 Å². The third-order valence-corrected chi connectivity index (χ3v) is 1.76. The second kappa shape index (κ2) is 18.7. The number of carbonyl (C=O) groups excluding carboxylic acids is 1. The second-order valence-electron chi connectivity index (χ2n) is 2.44. The van der Waals surface area contributed by atoms with Crippen molar-refractivity contribution in [1.29, 1.82) is 0 Å². The summed E-state index contributed by atoms with van der Waals surface area (Å²) in [5.74, 6) is 0.313. The van der Waals surface area contributed by atoms with Crippen molar-refractivity contribution in [3.63, 3.8) is 0 Å². The highest BCUT2D eigenvalue weighted by atomic mass is 16.2. The summed E-state index contributed by atoms with van der Waals surface area (Å²) < 4.78 is 0. The van der Waals surface area contributed by atoms with Crippen LogP contribution in [-0.2, 0) is 4.79 Å². The first-order chi connectivity index (χ1) is 7.34. The van der Waals surface area contributed by atoms with Gasteiger partial charge >= 0.3 is 0 Å². The van der Waals surface area contributed by atoms with E-state index in [1.54, 1.807) is 0 Å². The average Bonchev–Trinajstić information content (AvgIpc) is 2.89. The van der Waals surface area contributed by atoms with E-state index in [0.717, 1.165) is 13.1 Å². The maximum Gasteiger partial charge on any atom is 0.222 e. The van der Waals surface area contributed by atoms with Gasteiger partial charge in [-0.15, -0.1) is 12.8 Å². The number of carbonyl (C=O) groups is 1. The zero-order valence-electron chi connectivity index (χ0n) is 11.0. The molecule has 2 heteroatoms. The number of terminal acetylenes is 1. The molecule has 0 spiro atoms. The van der Waals surface area contributed by atoms with Gasteiger partial charge < -0.3 is 4.90 Å². The van der Waals surface area contributed by atoms with Gasteiger partial charge in [-0.2, -0.15) is 0 Å². The number of amides is 1. The average molecular weight is 213 g/mol. The van der Waals surface area contributed by atoms with Gasteiger partial charge in [0, 0.05) is 19.5 Å². The molecule has 1 rings (SSSR count). The van der Waals surface area contributed by atoms with Crippen molar-refractivity contribution in [2.24, 2.45) is 0 Å². The predicted octanol–water partition coefficient (Wildman–Crippen LogP) is 3.32. The van der Waals surface area contributed by atoms with Crippen LogP contribution in [0.25, 0.3) is 0 Å². The minimum atomic E-state index is 0.313. The van der Waals surface area contributed by atoms with Crippen molar-refractivity contribution in [3.8, 4) is 12.8 Å². The van der Waals surface area contributed by atoms with Gasteiger partial charge in [-0.05, 0) is 12.8 Å². The van der Waals surface area contributed by atoms with Gasteiger partial charge in [0.25, 0.3) is 0 Å². The molecule has 90 valence electrons. The van der Waals surface area contributed by atoms with Crippen LogP contribution in [0.5, 0.6) is 0 Å². The van der Waals surface area contributed by atoms with E-state index in [1.807, 2.05) is 39.5 Å². The Balaban J connectivity index is -0.000000208. The molecule has 0 radical (unpaired) electrons. The molecular weight excluding hydrogens is 186 g/mol. The fourth-order valence-electron chi connectivity index (χ4n) is 1.19. The summed E-state index contributed by atoms with van der Waals surface area (Å²) in [6.45, 7) is 11.9. The molecule has 1 aliphatic rings. The predicted molar refractivity (Wildman–Crippen MR) is 68.7 cm³/mol. The van der Waals surface area contributed by atoms with E-state index in [2.05, 4.69) is 12.8 Å². The van der Waals surface area contributed by atoms with Crippen LogP contribution in [0.3, 0.4) is 0 Å². The Kier molecular flexibility index (Phi) is 24.5. The Bertz CT molecular complexity index is 135. The molecule has 0 unspecified atom stereocenters. The van der Waals surface area contributed by atoms with Crippen molar-refractivity contribution >= 4 is 5.91 Å². The number of nitrogens with zero attached hydrogens (tertiary/aromatic N) is 1. The molecule has 0 aromatic heterocycles. The first-order valence-corrected chi connectivity index (χ1v) is 5.95. The maximum absolute atomic E-state index is 10.9. The molecule has 0 aromatic carbocycles. The lowest BCUT2D eigenvalue weighted by atomic mass is 10.4. The lowest BCUT2D eigenvalue weighted by molar-refractivity contribution is -0.129. The second-order valence-corrected chi connectivity index (χ2v) is 2.44. The van der Waals surface area contributed by atoms with Gasteiger partial charge in [0.1, 0.15) is 0 Å². The maximum atomic E-state index is 10.9. The minimum Gasteiger partial charge on any atom is -0.343 e. The Hall–Kier alpha value is -0.970. The molecule has 0 atom stereocenters. The van der Waals surface area contributed by atoms with Crippen LogP contribution in [0.4, 0.5) is 0 Å². The highest BCUT2D eigenvalue weighted by Crippen LogP contribution is 2.07. The van der Waals surface area contributed by atoms with Crippen LogP contribution in [0, 0.1) is 12.8 Å². The molecule has 1 fully saturated rings. The first kappa shape index (κ1) is 19.6. The standard InChI is InChI=1S/C7H13NO.2C2H6.C2H2/c1-2-7(9)8-5-3-4-6-8;3*1-2/h2-6H2,1H3;2*1-2H3;1-2H. The lowest BCUT2D eigenvalue weighted by Crippen LogP contribution is -2.26. The SMILES string of the molecule is C#C.CC.CC.CCC(=O)N1CCCC1. The Morgan fingerprint density at radius 2 is 1.40 bits per heavy atom. The molecule has 0 bridgehead atoms. The minimum absolute atomic E-state index is 0.313. The number of likely N-dealkylation sites (tertiary alicyclic amines) is 1. The molecule has 0 saturated carbocycles. The topological polar surface area (TPSA) is 20.3 Å². The van der Waals surface area contributed by atoms with Crippen LogP contribution in [0.2, 0.25) is 0 Å². The Labute approximate surface area is 96.1 Å². The molecule has 0 aliphatic carbocycles. The molecule has 0 aromatic rings. The molecule has 1 heterocycles.